The zero-order valence-corrected chi connectivity index (χ0v) is 15.4. The number of anilines is 2. The molecule has 2 heterocycles. The van der Waals surface area contributed by atoms with E-state index in [1.165, 1.54) is 5.56 Å². The summed E-state index contributed by atoms with van der Waals surface area (Å²) in [7, 11) is 2.00. The smallest absolute Gasteiger partial charge is 0.129 e. The Balaban J connectivity index is 2.05. The summed E-state index contributed by atoms with van der Waals surface area (Å²) < 4.78 is 0. The first-order valence-corrected chi connectivity index (χ1v) is 8.55. The number of hydrogen-bond acceptors (Lipinski definition) is 3. The highest BCUT2D eigenvalue weighted by Crippen LogP contribution is 2.46. The van der Waals surface area contributed by atoms with Gasteiger partial charge in [0.25, 0.3) is 0 Å². The number of hydrazine groups is 1. The van der Waals surface area contributed by atoms with E-state index in [2.05, 4.69) is 48.2 Å². The van der Waals surface area contributed by atoms with Crippen LogP contribution in [0, 0.1) is 13.8 Å². The molecule has 0 saturated carbocycles. The molecule has 0 atom stereocenters. The average Bonchev–Trinajstić information content (AvgIpc) is 2.93. The van der Waals surface area contributed by atoms with E-state index in [1.54, 1.807) is 5.01 Å². The van der Waals surface area contributed by atoms with Gasteiger partial charge in [-0.15, -0.1) is 0 Å². The number of rotatable bonds is 0. The van der Waals surface area contributed by atoms with E-state index in [-0.39, 0.29) is 0 Å². The van der Waals surface area contributed by atoms with Gasteiger partial charge in [-0.2, -0.15) is 0 Å². The second kappa shape index (κ2) is 5.21. The molecule has 0 saturated heterocycles. The number of nitrogens with zero attached hydrogens (tertiary/aromatic N) is 2. The van der Waals surface area contributed by atoms with Crippen molar-refractivity contribution in [1.29, 1.82) is 0 Å². The van der Waals surface area contributed by atoms with Crippen LogP contribution in [0.3, 0.4) is 0 Å². The number of thiocarbonyl (C=S) groups is 2. The number of fused-ring (bicyclic) bond motifs is 2. The molecule has 120 valence electrons. The Morgan fingerprint density at radius 2 is 1.29 bits per heavy atom. The number of nitrogens with two attached hydrogens (primary N) is 1. The van der Waals surface area contributed by atoms with Gasteiger partial charge in [0.2, 0.25) is 0 Å². The Morgan fingerprint density at radius 1 is 0.792 bits per heavy atom. The lowest BCUT2D eigenvalue weighted by Crippen LogP contribution is -2.32. The van der Waals surface area contributed by atoms with Gasteiger partial charge in [0.1, 0.15) is 9.98 Å². The maximum atomic E-state index is 6.24. The number of benzene rings is 2. The largest absolute Gasteiger partial charge is 0.335 e. The second-order valence-electron chi connectivity index (χ2n) is 6.33. The molecule has 0 unspecified atom stereocenters. The summed E-state index contributed by atoms with van der Waals surface area (Å²) in [4.78, 5) is 3.46. The molecule has 0 bridgehead atoms. The third kappa shape index (κ3) is 1.99. The first-order chi connectivity index (χ1) is 11.4. The fourth-order valence-corrected chi connectivity index (χ4v) is 4.02. The molecule has 2 aromatic rings. The van der Waals surface area contributed by atoms with Crippen LogP contribution < -0.4 is 15.8 Å². The lowest BCUT2D eigenvalue weighted by Gasteiger charge is -2.13. The van der Waals surface area contributed by atoms with Crippen molar-refractivity contribution in [3.63, 3.8) is 0 Å². The fraction of sp³-hybridized carbons (Fsp3) is 0.158. The molecule has 0 fully saturated rings. The lowest BCUT2D eigenvalue weighted by atomic mass is 9.96. The summed E-state index contributed by atoms with van der Waals surface area (Å²) >= 11 is 11.4. The predicted octanol–water partition coefficient (Wildman–Crippen LogP) is 4.01. The van der Waals surface area contributed by atoms with Crippen molar-refractivity contribution in [3.8, 4) is 0 Å². The molecule has 0 aromatic heterocycles. The van der Waals surface area contributed by atoms with E-state index < -0.39 is 0 Å². The van der Waals surface area contributed by atoms with Crippen molar-refractivity contribution in [2.45, 2.75) is 13.8 Å². The first-order valence-electron chi connectivity index (χ1n) is 7.73. The highest BCUT2D eigenvalue weighted by Gasteiger charge is 2.36. The van der Waals surface area contributed by atoms with Crippen LogP contribution >= 0.6 is 24.4 Å². The van der Waals surface area contributed by atoms with Crippen LogP contribution in [0.15, 0.2) is 36.4 Å². The third-order valence-corrected chi connectivity index (χ3v) is 5.55. The average molecular weight is 352 g/mol. The van der Waals surface area contributed by atoms with E-state index in [9.17, 15) is 0 Å². The Bertz CT molecular complexity index is 882. The third-order valence-electron chi connectivity index (χ3n) is 4.67. The minimum absolute atomic E-state index is 0.620. The van der Waals surface area contributed by atoms with Crippen LogP contribution in [0.4, 0.5) is 11.4 Å². The molecule has 2 aromatic carbocycles. The van der Waals surface area contributed by atoms with Crippen LogP contribution in [0.2, 0.25) is 0 Å². The van der Waals surface area contributed by atoms with Crippen LogP contribution in [-0.2, 0) is 0 Å². The van der Waals surface area contributed by atoms with Gasteiger partial charge in [-0.25, -0.2) is 5.84 Å². The summed E-state index contributed by atoms with van der Waals surface area (Å²) in [6, 6.07) is 12.6. The zero-order chi connectivity index (χ0) is 17.2. The van der Waals surface area contributed by atoms with Crippen molar-refractivity contribution in [2.75, 3.05) is 17.0 Å². The highest BCUT2D eigenvalue weighted by atomic mass is 32.1. The van der Waals surface area contributed by atoms with E-state index >= 15 is 0 Å². The SMILES string of the molecule is Cc1ccc2c(c1)N(C)C(=S)/C2=C1/C(=S)N(N)c2cc(C)ccc21. The van der Waals surface area contributed by atoms with Crippen LogP contribution in [-0.4, -0.2) is 17.0 Å². The molecule has 3 nitrogen and oxygen atoms in total. The summed E-state index contributed by atoms with van der Waals surface area (Å²) in [5.41, 5.74) is 8.55. The molecule has 24 heavy (non-hydrogen) atoms. The Morgan fingerprint density at radius 3 is 1.92 bits per heavy atom. The van der Waals surface area contributed by atoms with Crippen LogP contribution in [0.5, 0.6) is 0 Å². The first kappa shape index (κ1) is 15.4. The monoisotopic (exact) mass is 351 g/mol. The normalized spacial score (nSPS) is 19.2. The maximum absolute atomic E-state index is 6.24. The van der Waals surface area contributed by atoms with E-state index in [1.807, 2.05) is 14.0 Å². The molecular weight excluding hydrogens is 334 g/mol. The molecule has 2 aliphatic heterocycles. The van der Waals surface area contributed by atoms with Crippen molar-refractivity contribution in [2.24, 2.45) is 5.84 Å². The minimum atomic E-state index is 0.620. The Hall–Kier alpha value is -2.08. The molecule has 2 aliphatic rings. The quantitative estimate of drug-likeness (QED) is 0.440. The standard InChI is InChI=1S/C19H17N3S2/c1-10-4-6-12-14(8-10)21(3)18(23)16(12)17-13-7-5-11(2)9-15(13)22(20)19(17)24/h4-9H,20H2,1-3H3/b17-16+. The van der Waals surface area contributed by atoms with E-state index in [0.29, 0.717) is 4.99 Å². The summed E-state index contributed by atoms with van der Waals surface area (Å²) in [5, 5.41) is 1.59. The van der Waals surface area contributed by atoms with Gasteiger partial charge < -0.3 is 4.90 Å². The number of likely N-dealkylation sites (N-methyl/N-ethyl adjacent to an activating group) is 1. The highest BCUT2D eigenvalue weighted by molar-refractivity contribution is 7.82. The van der Waals surface area contributed by atoms with Gasteiger partial charge in [-0.3, -0.25) is 5.01 Å². The minimum Gasteiger partial charge on any atom is -0.335 e. The maximum Gasteiger partial charge on any atom is 0.129 e. The lowest BCUT2D eigenvalue weighted by molar-refractivity contribution is 1.17. The molecule has 0 aliphatic carbocycles. The summed E-state index contributed by atoms with van der Waals surface area (Å²) in [6.45, 7) is 4.14. The van der Waals surface area contributed by atoms with Gasteiger partial charge in [-0.05, 0) is 37.1 Å². The van der Waals surface area contributed by atoms with Gasteiger partial charge in [0.05, 0.1) is 5.69 Å². The topological polar surface area (TPSA) is 32.5 Å². The zero-order valence-electron chi connectivity index (χ0n) is 13.8. The fourth-order valence-electron chi connectivity index (χ4n) is 3.40. The van der Waals surface area contributed by atoms with Gasteiger partial charge in [-0.1, -0.05) is 48.7 Å². The molecule has 4 rings (SSSR count). The van der Waals surface area contributed by atoms with E-state index in [0.717, 1.165) is 44.2 Å². The molecule has 0 spiro atoms. The predicted molar refractivity (Wildman–Crippen MR) is 109 cm³/mol. The van der Waals surface area contributed by atoms with Crippen LogP contribution in [0.1, 0.15) is 22.3 Å². The van der Waals surface area contributed by atoms with Crippen molar-refractivity contribution in [3.05, 3.63) is 58.7 Å². The molecular formula is C19H17N3S2. The summed E-state index contributed by atoms with van der Waals surface area (Å²) in [6.07, 6.45) is 0. The van der Waals surface area contributed by atoms with Crippen molar-refractivity contribution in [1.82, 2.24) is 0 Å². The van der Waals surface area contributed by atoms with Gasteiger partial charge in [0.15, 0.2) is 0 Å². The van der Waals surface area contributed by atoms with Gasteiger partial charge >= 0.3 is 0 Å². The number of aryl methyl sites for hydroxylation is 2. The van der Waals surface area contributed by atoms with Crippen molar-refractivity contribution < 1.29 is 0 Å². The Kier molecular flexibility index (Phi) is 3.35. The van der Waals surface area contributed by atoms with Gasteiger partial charge in [0, 0.05) is 35.0 Å². The van der Waals surface area contributed by atoms with E-state index in [4.69, 9.17) is 30.3 Å². The molecule has 5 heteroatoms. The number of hydrogen-bond donors (Lipinski definition) is 1. The second-order valence-corrected chi connectivity index (χ2v) is 7.10. The van der Waals surface area contributed by atoms with Crippen LogP contribution in [0.25, 0.3) is 11.1 Å². The molecule has 2 N–H and O–H groups in total. The molecule has 0 radical (unpaired) electrons. The summed E-state index contributed by atoms with van der Waals surface area (Å²) in [5.74, 6) is 6.24. The Labute approximate surface area is 152 Å². The van der Waals surface area contributed by atoms with Crippen molar-refractivity contribution >= 4 is 56.9 Å². The molecule has 0 amide bonds.